The average molecular weight is 291 g/mol. The molecule has 0 spiro atoms. The molecule has 0 aliphatic carbocycles. The topological polar surface area (TPSA) is 44.3 Å². The minimum Gasteiger partial charge on any atom is -0.373 e. The van der Waals surface area contributed by atoms with Gasteiger partial charge in [0.2, 0.25) is 0 Å². The number of hydrogen-bond donors (Lipinski definition) is 1. The van der Waals surface area contributed by atoms with Gasteiger partial charge in [0.15, 0.2) is 0 Å². The van der Waals surface area contributed by atoms with E-state index in [1.807, 2.05) is 7.05 Å². The predicted molar refractivity (Wildman–Crippen MR) is 89.3 cm³/mol. The summed E-state index contributed by atoms with van der Waals surface area (Å²) in [5, 5.41) is 3.20. The SMILES string of the molecule is CNc1nc(C(C)C)nc(N(C)CC2CCN(C)C2)c1C. The monoisotopic (exact) mass is 291 g/mol. The Labute approximate surface area is 128 Å². The van der Waals surface area contributed by atoms with E-state index in [2.05, 4.69) is 55.0 Å². The summed E-state index contributed by atoms with van der Waals surface area (Å²) in [6.07, 6.45) is 1.28. The maximum atomic E-state index is 4.80. The van der Waals surface area contributed by atoms with Crippen molar-refractivity contribution in [3.63, 3.8) is 0 Å². The van der Waals surface area contributed by atoms with E-state index in [0.717, 1.165) is 35.5 Å². The number of aromatic nitrogens is 2. The molecule has 0 amide bonds. The molecule has 5 heteroatoms. The number of rotatable bonds is 5. The first-order valence-electron chi connectivity index (χ1n) is 7.88. The van der Waals surface area contributed by atoms with E-state index < -0.39 is 0 Å². The van der Waals surface area contributed by atoms with Crippen LogP contribution in [-0.2, 0) is 0 Å². The van der Waals surface area contributed by atoms with Gasteiger partial charge in [0.05, 0.1) is 0 Å². The van der Waals surface area contributed by atoms with Crippen molar-refractivity contribution >= 4 is 11.6 Å². The third-order valence-corrected chi connectivity index (χ3v) is 4.27. The van der Waals surface area contributed by atoms with E-state index in [9.17, 15) is 0 Å². The molecule has 0 radical (unpaired) electrons. The van der Waals surface area contributed by atoms with Crippen LogP contribution in [-0.4, -0.2) is 55.6 Å². The molecule has 1 fully saturated rings. The van der Waals surface area contributed by atoms with Gasteiger partial charge in [-0.1, -0.05) is 13.8 Å². The molecule has 1 atom stereocenters. The maximum absolute atomic E-state index is 4.80. The largest absolute Gasteiger partial charge is 0.373 e. The van der Waals surface area contributed by atoms with Crippen molar-refractivity contribution in [2.45, 2.75) is 33.1 Å². The smallest absolute Gasteiger partial charge is 0.137 e. The molecule has 1 aliphatic rings. The summed E-state index contributed by atoms with van der Waals surface area (Å²) in [6, 6.07) is 0. The first kappa shape index (κ1) is 16.0. The zero-order valence-electron chi connectivity index (χ0n) is 14.3. The Morgan fingerprint density at radius 3 is 2.62 bits per heavy atom. The van der Waals surface area contributed by atoms with Crippen LogP contribution in [0.1, 0.15) is 37.6 Å². The van der Waals surface area contributed by atoms with Gasteiger partial charge in [-0.25, -0.2) is 9.97 Å². The van der Waals surface area contributed by atoms with E-state index in [0.29, 0.717) is 5.92 Å². The molecule has 1 aromatic rings. The predicted octanol–water partition coefficient (Wildman–Crippen LogP) is 2.34. The number of nitrogens with zero attached hydrogens (tertiary/aromatic N) is 4. The first-order chi connectivity index (χ1) is 9.92. The van der Waals surface area contributed by atoms with E-state index in [1.165, 1.54) is 19.5 Å². The van der Waals surface area contributed by atoms with Crippen molar-refractivity contribution in [2.24, 2.45) is 5.92 Å². The van der Waals surface area contributed by atoms with Crippen molar-refractivity contribution in [1.29, 1.82) is 0 Å². The Bertz CT molecular complexity index is 486. The minimum atomic E-state index is 0.336. The van der Waals surface area contributed by atoms with Gasteiger partial charge >= 0.3 is 0 Å². The summed E-state index contributed by atoms with van der Waals surface area (Å²) in [4.78, 5) is 14.1. The fourth-order valence-corrected chi connectivity index (χ4v) is 3.04. The Hall–Kier alpha value is -1.36. The summed E-state index contributed by atoms with van der Waals surface area (Å²) in [7, 11) is 6.28. The molecule has 21 heavy (non-hydrogen) atoms. The second kappa shape index (κ2) is 6.60. The standard InChI is InChI=1S/C16H29N5/c1-11(2)14-18-15(17-4)12(3)16(19-14)21(6)10-13-7-8-20(5)9-13/h11,13H,7-10H2,1-6H3,(H,17,18,19). The van der Waals surface area contributed by atoms with E-state index in [1.54, 1.807) is 0 Å². The lowest BCUT2D eigenvalue weighted by molar-refractivity contribution is 0.395. The van der Waals surface area contributed by atoms with Crippen LogP contribution in [0.3, 0.4) is 0 Å². The highest BCUT2D eigenvalue weighted by atomic mass is 15.2. The lowest BCUT2D eigenvalue weighted by Crippen LogP contribution is -2.29. The molecule has 1 unspecified atom stereocenters. The summed E-state index contributed by atoms with van der Waals surface area (Å²) >= 11 is 0. The molecule has 2 rings (SSSR count). The second-order valence-corrected chi connectivity index (χ2v) is 6.58. The van der Waals surface area contributed by atoms with Crippen LogP contribution in [0.5, 0.6) is 0 Å². The molecular weight excluding hydrogens is 262 g/mol. The van der Waals surface area contributed by atoms with Crippen molar-refractivity contribution in [3.8, 4) is 0 Å². The van der Waals surface area contributed by atoms with Crippen molar-refractivity contribution in [1.82, 2.24) is 14.9 Å². The molecule has 1 N–H and O–H groups in total. The molecule has 1 aromatic heterocycles. The van der Waals surface area contributed by atoms with Gasteiger partial charge in [-0.2, -0.15) is 0 Å². The van der Waals surface area contributed by atoms with Crippen LogP contribution in [0.4, 0.5) is 11.6 Å². The highest BCUT2D eigenvalue weighted by Crippen LogP contribution is 2.26. The normalized spacial score (nSPS) is 19.3. The number of anilines is 2. The summed E-state index contributed by atoms with van der Waals surface area (Å²) in [6.45, 7) is 9.83. The molecule has 118 valence electrons. The average Bonchev–Trinajstić information content (AvgIpc) is 2.83. The third-order valence-electron chi connectivity index (χ3n) is 4.27. The van der Waals surface area contributed by atoms with Gasteiger partial charge in [0.1, 0.15) is 17.5 Å². The summed E-state index contributed by atoms with van der Waals surface area (Å²) in [5.74, 6) is 3.99. The van der Waals surface area contributed by atoms with Crippen molar-refractivity contribution in [2.75, 3.05) is 51.0 Å². The lowest BCUT2D eigenvalue weighted by atomic mass is 10.1. The second-order valence-electron chi connectivity index (χ2n) is 6.58. The van der Waals surface area contributed by atoms with Gasteiger partial charge in [-0.05, 0) is 32.9 Å². The lowest BCUT2D eigenvalue weighted by Gasteiger charge is -2.25. The molecule has 2 heterocycles. The van der Waals surface area contributed by atoms with Gasteiger partial charge in [-0.3, -0.25) is 0 Å². The quantitative estimate of drug-likeness (QED) is 0.902. The van der Waals surface area contributed by atoms with E-state index in [-0.39, 0.29) is 0 Å². The third kappa shape index (κ3) is 3.64. The van der Waals surface area contributed by atoms with Gasteiger partial charge in [0.25, 0.3) is 0 Å². The molecular formula is C16H29N5. The van der Waals surface area contributed by atoms with Gasteiger partial charge in [0, 0.05) is 38.7 Å². The van der Waals surface area contributed by atoms with Gasteiger partial charge in [-0.15, -0.1) is 0 Å². The van der Waals surface area contributed by atoms with Crippen LogP contribution < -0.4 is 10.2 Å². The van der Waals surface area contributed by atoms with Crippen LogP contribution in [0.2, 0.25) is 0 Å². The molecule has 0 aromatic carbocycles. The highest BCUT2D eigenvalue weighted by Gasteiger charge is 2.23. The Morgan fingerprint density at radius 2 is 2.10 bits per heavy atom. The van der Waals surface area contributed by atoms with E-state index >= 15 is 0 Å². The zero-order valence-corrected chi connectivity index (χ0v) is 14.3. The maximum Gasteiger partial charge on any atom is 0.137 e. The van der Waals surface area contributed by atoms with Crippen LogP contribution in [0, 0.1) is 12.8 Å². The Morgan fingerprint density at radius 1 is 1.38 bits per heavy atom. The number of nitrogens with one attached hydrogen (secondary N) is 1. The summed E-state index contributed by atoms with van der Waals surface area (Å²) in [5.41, 5.74) is 1.13. The molecule has 5 nitrogen and oxygen atoms in total. The van der Waals surface area contributed by atoms with Crippen LogP contribution in [0.25, 0.3) is 0 Å². The minimum absolute atomic E-state index is 0.336. The number of likely N-dealkylation sites (tertiary alicyclic amines) is 1. The molecule has 1 aliphatic heterocycles. The fourth-order valence-electron chi connectivity index (χ4n) is 3.04. The molecule has 1 saturated heterocycles. The fraction of sp³-hybridized carbons (Fsp3) is 0.750. The van der Waals surface area contributed by atoms with Crippen LogP contribution >= 0.6 is 0 Å². The van der Waals surface area contributed by atoms with Crippen molar-refractivity contribution in [3.05, 3.63) is 11.4 Å². The zero-order chi connectivity index (χ0) is 15.6. The van der Waals surface area contributed by atoms with E-state index in [4.69, 9.17) is 4.98 Å². The highest BCUT2D eigenvalue weighted by molar-refractivity contribution is 5.58. The van der Waals surface area contributed by atoms with Gasteiger partial charge < -0.3 is 15.1 Å². The van der Waals surface area contributed by atoms with Crippen molar-refractivity contribution < 1.29 is 0 Å². The Kier molecular flexibility index (Phi) is 5.04. The first-order valence-corrected chi connectivity index (χ1v) is 7.88. The summed E-state index contributed by atoms with van der Waals surface area (Å²) < 4.78 is 0. The molecule has 0 saturated carbocycles. The van der Waals surface area contributed by atoms with Crippen LogP contribution in [0.15, 0.2) is 0 Å². The Balaban J connectivity index is 2.22. The number of hydrogen-bond acceptors (Lipinski definition) is 5. The molecule has 0 bridgehead atoms.